The topological polar surface area (TPSA) is 195 Å². The highest BCUT2D eigenvalue weighted by Crippen LogP contribution is 2.58. The molecular formula is C65H27N9S2. The number of terminal acetylenes is 1. The molecule has 76 heavy (non-hydrogen) atoms. The highest BCUT2D eigenvalue weighted by molar-refractivity contribution is 7.26. The van der Waals surface area contributed by atoms with Crippen molar-refractivity contribution in [2.45, 2.75) is 6.92 Å². The van der Waals surface area contributed by atoms with E-state index in [-0.39, 0.29) is 83.5 Å². The lowest BCUT2D eigenvalue weighted by molar-refractivity contribution is 1.17. The molecule has 0 spiro atoms. The summed E-state index contributed by atoms with van der Waals surface area (Å²) in [7, 11) is 0. The van der Waals surface area contributed by atoms with Gasteiger partial charge in [-0.15, -0.1) is 29.1 Å². The Hall–Kier alpha value is -11.3. The molecule has 0 aliphatic heterocycles. The van der Waals surface area contributed by atoms with Crippen molar-refractivity contribution in [2.24, 2.45) is 0 Å². The third-order valence-corrected chi connectivity index (χ3v) is 16.4. The molecular weight excluding hydrogens is 971 g/mol. The molecule has 12 rings (SSSR count). The minimum absolute atomic E-state index is 0.00877. The summed E-state index contributed by atoms with van der Waals surface area (Å²) in [5.74, 6) is 2.56. The second kappa shape index (κ2) is 17.8. The van der Waals surface area contributed by atoms with E-state index in [1.54, 1.807) is 11.3 Å². The molecule has 0 saturated carbocycles. The molecule has 9 nitrogen and oxygen atoms in total. The van der Waals surface area contributed by atoms with Crippen molar-refractivity contribution in [3.63, 3.8) is 0 Å². The third-order valence-electron chi connectivity index (χ3n) is 14.0. The predicted octanol–water partition coefficient (Wildman–Crippen LogP) is 15.5. The van der Waals surface area contributed by atoms with Crippen molar-refractivity contribution >= 4 is 84.8 Å². The molecule has 344 valence electrons. The van der Waals surface area contributed by atoms with E-state index in [9.17, 15) is 42.1 Å². The predicted molar refractivity (Wildman–Crippen MR) is 299 cm³/mol. The molecule has 0 saturated heterocycles. The second-order valence-corrected chi connectivity index (χ2v) is 20.1. The number of rotatable bonds is 5. The lowest BCUT2D eigenvalue weighted by Crippen LogP contribution is -2.05. The van der Waals surface area contributed by atoms with Crippen molar-refractivity contribution in [1.29, 1.82) is 42.1 Å². The minimum atomic E-state index is -0.100. The third kappa shape index (κ3) is 6.70. The zero-order valence-corrected chi connectivity index (χ0v) is 41.3. The summed E-state index contributed by atoms with van der Waals surface area (Å²) in [6.45, 7) is 1.98. The largest absolute Gasteiger partial charge is 0.309 e. The molecule has 0 bridgehead atoms. The summed E-state index contributed by atoms with van der Waals surface area (Å²) < 4.78 is 6.05. The van der Waals surface area contributed by atoms with Crippen LogP contribution in [0.5, 0.6) is 0 Å². The smallest absolute Gasteiger partial charge is 0.0999 e. The van der Waals surface area contributed by atoms with Crippen LogP contribution in [0.3, 0.4) is 0 Å². The van der Waals surface area contributed by atoms with E-state index in [4.69, 9.17) is 6.42 Å². The molecule has 0 atom stereocenters. The summed E-state index contributed by atoms with van der Waals surface area (Å²) in [4.78, 5) is 0. The van der Waals surface area contributed by atoms with Crippen LogP contribution in [0.1, 0.15) is 55.6 Å². The van der Waals surface area contributed by atoms with Gasteiger partial charge in [0.25, 0.3) is 0 Å². The molecule has 0 aliphatic rings. The van der Waals surface area contributed by atoms with Crippen LogP contribution in [0, 0.1) is 110 Å². The van der Waals surface area contributed by atoms with Gasteiger partial charge in [0, 0.05) is 101 Å². The van der Waals surface area contributed by atoms with Crippen LogP contribution < -0.4 is 0 Å². The van der Waals surface area contributed by atoms with Gasteiger partial charge in [-0.2, -0.15) is 42.1 Å². The standard InChI is InChI=1S/C65H27N9S2/c1-3-36-19-39(29-68)57(40(20-36)30-69)63-61-49-12-6-9-15-55(49)76-65(61)60(62(58-41(31-70)21-37(27-66)22-42(58)32-71)64(63)59-43(33-72)23-38(28-67)24-44(59)34-73)46-17-16-45(18-35(46)2)74-52-13-7-4-10-47(52)50-26-56-51(25-53(50)74)48-11-5-8-14-54(48)75-56/h1,4-26H,2H3. The van der Waals surface area contributed by atoms with Crippen LogP contribution in [0.2, 0.25) is 0 Å². The van der Waals surface area contributed by atoms with E-state index >= 15 is 0 Å². The van der Waals surface area contributed by atoms with Crippen LogP contribution in [-0.4, -0.2) is 4.57 Å². The van der Waals surface area contributed by atoms with Crippen molar-refractivity contribution < 1.29 is 0 Å². The zero-order valence-electron chi connectivity index (χ0n) is 39.7. The number of aryl methyl sites for hydroxylation is 1. The Morgan fingerprint density at radius 2 is 0.868 bits per heavy atom. The molecule has 11 heteroatoms. The maximum absolute atomic E-state index is 11.2. The molecule has 0 amide bonds. The fourth-order valence-corrected chi connectivity index (χ4v) is 13.4. The Kier molecular flexibility index (Phi) is 10.7. The summed E-state index contributed by atoms with van der Waals surface area (Å²) in [6, 6.07) is 61.2. The number of nitrogens with zero attached hydrogens (tertiary/aromatic N) is 9. The average Bonchev–Trinajstić information content (AvgIpc) is 4.31. The Morgan fingerprint density at radius 1 is 0.382 bits per heavy atom. The van der Waals surface area contributed by atoms with Gasteiger partial charge in [0.2, 0.25) is 0 Å². The van der Waals surface area contributed by atoms with Gasteiger partial charge in [0.05, 0.1) is 104 Å². The number of aromatic nitrogens is 1. The summed E-state index contributed by atoms with van der Waals surface area (Å²) in [5, 5.41) is 93.3. The fraction of sp³-hybridized carbons (Fsp3) is 0.0154. The first-order chi connectivity index (χ1) is 37.2. The van der Waals surface area contributed by atoms with Crippen LogP contribution in [0.4, 0.5) is 0 Å². The second-order valence-electron chi connectivity index (χ2n) is 18.0. The number of fused-ring (bicyclic) bond motifs is 9. The molecule has 0 N–H and O–H groups in total. The monoisotopic (exact) mass is 997 g/mol. The van der Waals surface area contributed by atoms with E-state index in [0.29, 0.717) is 26.6 Å². The SMILES string of the molecule is C#Cc1cc(C#N)c(-c2c(-c3c(C#N)cc(C#N)cc3C#N)c(-c3c(C#N)cc(C#N)cc3C#N)c(-c3ccc(-n4c5ccccc5c5cc6sc7ccccc7c6cc54)cc3C)c3sc4ccccc4c23)c(C#N)c1. The van der Waals surface area contributed by atoms with Crippen molar-refractivity contribution in [1.82, 2.24) is 4.57 Å². The number of para-hydroxylation sites is 1. The Morgan fingerprint density at radius 3 is 1.41 bits per heavy atom. The molecule has 9 aromatic carbocycles. The van der Waals surface area contributed by atoms with Crippen molar-refractivity contribution in [3.05, 3.63) is 195 Å². The van der Waals surface area contributed by atoms with Crippen LogP contribution in [-0.2, 0) is 0 Å². The summed E-state index contributed by atoms with van der Waals surface area (Å²) >= 11 is 3.18. The first-order valence-electron chi connectivity index (χ1n) is 23.4. The number of hydrogen-bond acceptors (Lipinski definition) is 10. The highest BCUT2D eigenvalue weighted by Gasteiger charge is 2.34. The van der Waals surface area contributed by atoms with E-state index in [2.05, 4.69) is 114 Å². The summed E-state index contributed by atoms with van der Waals surface area (Å²) in [6.07, 6.45) is 5.93. The first-order valence-corrected chi connectivity index (χ1v) is 25.0. The van der Waals surface area contributed by atoms with Crippen LogP contribution in [0.15, 0.2) is 140 Å². The molecule has 12 aromatic rings. The van der Waals surface area contributed by atoms with Gasteiger partial charge in [-0.3, -0.25) is 0 Å². The maximum atomic E-state index is 11.2. The lowest BCUT2D eigenvalue weighted by Gasteiger charge is -2.26. The zero-order chi connectivity index (χ0) is 52.5. The minimum Gasteiger partial charge on any atom is -0.309 e. The normalized spacial score (nSPS) is 10.8. The van der Waals surface area contributed by atoms with Crippen LogP contribution in [0.25, 0.3) is 112 Å². The highest BCUT2D eigenvalue weighted by atomic mass is 32.1. The number of hydrogen-bond donors (Lipinski definition) is 0. The first kappa shape index (κ1) is 45.8. The van der Waals surface area contributed by atoms with E-state index in [0.717, 1.165) is 43.1 Å². The summed E-state index contributed by atoms with van der Waals surface area (Å²) in [5.41, 5.74) is 5.66. The van der Waals surface area contributed by atoms with Gasteiger partial charge in [-0.1, -0.05) is 66.6 Å². The van der Waals surface area contributed by atoms with Crippen LogP contribution >= 0.6 is 22.7 Å². The van der Waals surface area contributed by atoms with Gasteiger partial charge in [0.15, 0.2) is 0 Å². The van der Waals surface area contributed by atoms with Gasteiger partial charge < -0.3 is 4.57 Å². The Labute approximate surface area is 442 Å². The van der Waals surface area contributed by atoms with E-state index in [1.807, 2.05) is 55.5 Å². The van der Waals surface area contributed by atoms with Crippen molar-refractivity contribution in [2.75, 3.05) is 0 Å². The Bertz CT molecular complexity index is 4970. The maximum Gasteiger partial charge on any atom is 0.0999 e. The molecule has 3 heterocycles. The molecule has 0 radical (unpaired) electrons. The quantitative estimate of drug-likeness (QED) is 0.152. The van der Waals surface area contributed by atoms with Gasteiger partial charge in [-0.05, 0) is 96.9 Å². The van der Waals surface area contributed by atoms with Crippen molar-refractivity contribution in [3.8, 4) is 111 Å². The molecule has 0 fully saturated rings. The molecule has 0 aliphatic carbocycles. The molecule has 0 unspecified atom stereocenters. The number of benzene rings is 9. The fourth-order valence-electron chi connectivity index (χ4n) is 11.0. The number of nitriles is 8. The van der Waals surface area contributed by atoms with Gasteiger partial charge in [-0.25, -0.2) is 0 Å². The Balaban J connectivity index is 1.32. The van der Waals surface area contributed by atoms with E-state index in [1.165, 1.54) is 62.5 Å². The number of thiophene rings is 2. The average molecular weight is 998 g/mol. The van der Waals surface area contributed by atoms with E-state index < -0.39 is 0 Å². The molecule has 3 aromatic heterocycles. The van der Waals surface area contributed by atoms with Gasteiger partial charge in [0.1, 0.15) is 0 Å². The lowest BCUT2D eigenvalue weighted by atomic mass is 9.74. The van der Waals surface area contributed by atoms with Gasteiger partial charge >= 0.3 is 0 Å².